The number of hydrogen-bond donors (Lipinski definition) is 2. The van der Waals surface area contributed by atoms with E-state index in [0.717, 1.165) is 10.6 Å². The van der Waals surface area contributed by atoms with E-state index < -0.39 is 5.92 Å². The van der Waals surface area contributed by atoms with E-state index in [2.05, 4.69) is 16.3 Å². The van der Waals surface area contributed by atoms with E-state index in [1.165, 1.54) is 18.4 Å². The molecule has 0 amide bonds. The largest absolute Gasteiger partial charge is 0.495 e. The fourth-order valence-electron chi connectivity index (χ4n) is 3.17. The molecule has 3 N–H and O–H groups in total. The number of ether oxygens (including phenoxy) is 2. The zero-order chi connectivity index (χ0) is 19.1. The predicted octanol–water partition coefficient (Wildman–Crippen LogP) is 4.67. The third-order valence-electron chi connectivity index (χ3n) is 4.26. The fourth-order valence-corrected chi connectivity index (χ4v) is 4.50. The Morgan fingerprint density at radius 3 is 2.89 bits per heavy atom. The highest BCUT2D eigenvalue weighted by molar-refractivity contribution is 7.13. The van der Waals surface area contributed by atoms with Gasteiger partial charge < -0.3 is 15.2 Å². The maximum absolute atomic E-state index is 9.78. The van der Waals surface area contributed by atoms with E-state index in [1.54, 1.807) is 12.1 Å². The first-order chi connectivity index (χ1) is 13.0. The van der Waals surface area contributed by atoms with Crippen LogP contribution in [0, 0.1) is 11.3 Å². The maximum Gasteiger partial charge on any atom is 0.244 e. The van der Waals surface area contributed by atoms with Gasteiger partial charge in [-0.05, 0) is 23.6 Å². The first-order valence-electron chi connectivity index (χ1n) is 7.77. The van der Waals surface area contributed by atoms with Crippen molar-refractivity contribution < 1.29 is 9.47 Å². The number of aromatic amines is 1. The molecule has 0 radical (unpaired) electrons. The van der Waals surface area contributed by atoms with E-state index in [0.29, 0.717) is 32.8 Å². The Balaban J connectivity index is 2.04. The van der Waals surface area contributed by atoms with Crippen molar-refractivity contribution in [2.24, 2.45) is 5.73 Å². The van der Waals surface area contributed by atoms with Crippen LogP contribution in [-0.4, -0.2) is 17.3 Å². The number of benzene rings is 1. The van der Waals surface area contributed by atoms with Crippen LogP contribution in [0.25, 0.3) is 10.6 Å². The lowest BCUT2D eigenvalue weighted by molar-refractivity contribution is 0.375. The number of rotatable bonds is 3. The molecule has 1 aliphatic rings. The Morgan fingerprint density at radius 2 is 2.22 bits per heavy atom. The molecule has 3 heterocycles. The first-order valence-corrected chi connectivity index (χ1v) is 9.41. The number of methoxy groups -OCH3 is 1. The van der Waals surface area contributed by atoms with Gasteiger partial charge in [-0.3, -0.25) is 5.10 Å². The summed E-state index contributed by atoms with van der Waals surface area (Å²) in [6.45, 7) is 0. The van der Waals surface area contributed by atoms with Crippen molar-refractivity contribution in [2.45, 2.75) is 5.92 Å². The fraction of sp³-hybridized carbons (Fsp3) is 0.111. The van der Waals surface area contributed by atoms with Crippen molar-refractivity contribution in [3.8, 4) is 28.3 Å². The topological polar surface area (TPSA) is 96.9 Å². The lowest BCUT2D eigenvalue weighted by Gasteiger charge is -2.25. The molecule has 136 valence electrons. The molecule has 27 heavy (non-hydrogen) atoms. The van der Waals surface area contributed by atoms with Gasteiger partial charge in [0.15, 0.2) is 0 Å². The smallest absolute Gasteiger partial charge is 0.244 e. The monoisotopic (exact) mass is 418 g/mol. The summed E-state index contributed by atoms with van der Waals surface area (Å²) in [4.78, 5) is 0.946. The Labute approximate surface area is 168 Å². The molecule has 1 aromatic carbocycles. The highest BCUT2D eigenvalue weighted by Crippen LogP contribution is 2.50. The second-order valence-corrected chi connectivity index (χ2v) is 7.52. The van der Waals surface area contributed by atoms with Crippen LogP contribution in [0.1, 0.15) is 17.0 Å². The zero-order valence-corrected chi connectivity index (χ0v) is 16.2. The summed E-state index contributed by atoms with van der Waals surface area (Å²) < 4.78 is 11.1. The summed E-state index contributed by atoms with van der Waals surface area (Å²) >= 11 is 14.1. The molecule has 0 unspecified atom stereocenters. The molecule has 0 saturated carbocycles. The van der Waals surface area contributed by atoms with E-state index in [9.17, 15) is 5.26 Å². The minimum absolute atomic E-state index is 0.0163. The number of nitrogens with zero attached hydrogens (tertiary/aromatic N) is 2. The van der Waals surface area contributed by atoms with Crippen molar-refractivity contribution in [2.75, 3.05) is 7.11 Å². The Hall–Kier alpha value is -2.66. The number of allylic oxidation sites excluding steroid dienone is 1. The number of fused-ring (bicyclic) bond motifs is 1. The number of hydrogen-bond acceptors (Lipinski definition) is 6. The third kappa shape index (κ3) is 2.82. The van der Waals surface area contributed by atoms with Crippen LogP contribution in [0.4, 0.5) is 0 Å². The van der Waals surface area contributed by atoms with Crippen LogP contribution in [0.3, 0.4) is 0 Å². The number of thiophene rings is 1. The molecule has 4 rings (SSSR count). The van der Waals surface area contributed by atoms with Crippen molar-refractivity contribution >= 4 is 34.5 Å². The number of nitrogens with two attached hydrogens (primary N) is 1. The van der Waals surface area contributed by atoms with Gasteiger partial charge in [0.05, 0.1) is 34.2 Å². The van der Waals surface area contributed by atoms with Gasteiger partial charge in [-0.1, -0.05) is 29.3 Å². The lowest BCUT2D eigenvalue weighted by atomic mass is 9.83. The lowest BCUT2D eigenvalue weighted by Crippen LogP contribution is -2.21. The van der Waals surface area contributed by atoms with Gasteiger partial charge in [-0.2, -0.15) is 5.26 Å². The number of H-pyrrole nitrogens is 1. The van der Waals surface area contributed by atoms with Gasteiger partial charge in [0, 0.05) is 10.6 Å². The number of nitriles is 1. The van der Waals surface area contributed by atoms with Gasteiger partial charge in [0.2, 0.25) is 11.8 Å². The summed E-state index contributed by atoms with van der Waals surface area (Å²) in [7, 11) is 1.51. The van der Waals surface area contributed by atoms with Gasteiger partial charge in [-0.25, -0.2) is 0 Å². The van der Waals surface area contributed by atoms with Crippen molar-refractivity contribution in [3.63, 3.8) is 0 Å². The molecular weight excluding hydrogens is 407 g/mol. The predicted molar refractivity (Wildman–Crippen MR) is 104 cm³/mol. The molecule has 0 saturated heterocycles. The van der Waals surface area contributed by atoms with Crippen LogP contribution in [-0.2, 0) is 0 Å². The SMILES string of the molecule is COc1c(Cl)cc(Cl)cc1[C@@H]1C(C#N)=C(N)Oc2n[nH]c(-c3cccs3)c21. The summed E-state index contributed by atoms with van der Waals surface area (Å²) in [5.74, 6) is 0.106. The van der Waals surface area contributed by atoms with Crippen LogP contribution in [0.5, 0.6) is 11.6 Å². The van der Waals surface area contributed by atoms with E-state index >= 15 is 0 Å². The van der Waals surface area contributed by atoms with Crippen LogP contribution >= 0.6 is 34.5 Å². The molecule has 1 aliphatic heterocycles. The maximum atomic E-state index is 9.78. The van der Waals surface area contributed by atoms with E-state index in [4.69, 9.17) is 38.4 Å². The number of nitrogens with one attached hydrogen (secondary N) is 1. The Kier molecular flexibility index (Phi) is 4.48. The summed E-state index contributed by atoms with van der Waals surface area (Å²) in [6, 6.07) is 9.32. The van der Waals surface area contributed by atoms with Gasteiger partial charge in [0.25, 0.3) is 0 Å². The quantitative estimate of drug-likeness (QED) is 0.643. The first kappa shape index (κ1) is 17.7. The molecule has 0 fully saturated rings. The van der Waals surface area contributed by atoms with Crippen LogP contribution < -0.4 is 15.2 Å². The second kappa shape index (κ2) is 6.82. The van der Waals surface area contributed by atoms with Crippen molar-refractivity contribution in [1.29, 1.82) is 5.26 Å². The normalized spacial score (nSPS) is 15.9. The molecule has 3 aromatic rings. The van der Waals surface area contributed by atoms with Crippen LogP contribution in [0.2, 0.25) is 10.0 Å². The molecule has 0 bridgehead atoms. The van der Waals surface area contributed by atoms with Crippen molar-refractivity contribution in [3.05, 3.63) is 62.3 Å². The van der Waals surface area contributed by atoms with E-state index in [1.807, 2.05) is 17.5 Å². The molecular formula is C18H12Cl2N4O2S. The van der Waals surface area contributed by atoms with Gasteiger partial charge in [-0.15, -0.1) is 16.4 Å². The van der Waals surface area contributed by atoms with Gasteiger partial charge >= 0.3 is 0 Å². The highest BCUT2D eigenvalue weighted by Gasteiger charge is 2.38. The molecule has 9 heteroatoms. The molecule has 2 aromatic heterocycles. The Morgan fingerprint density at radius 1 is 1.41 bits per heavy atom. The summed E-state index contributed by atoms with van der Waals surface area (Å²) in [5, 5.41) is 19.7. The van der Waals surface area contributed by atoms with Crippen molar-refractivity contribution in [1.82, 2.24) is 10.2 Å². The molecule has 0 spiro atoms. The summed E-state index contributed by atoms with van der Waals surface area (Å²) in [5.41, 5.74) is 8.27. The highest BCUT2D eigenvalue weighted by atomic mass is 35.5. The van der Waals surface area contributed by atoms with Crippen LogP contribution in [0.15, 0.2) is 41.1 Å². The minimum atomic E-state index is -0.597. The number of aromatic nitrogens is 2. The van der Waals surface area contributed by atoms with Gasteiger partial charge in [0.1, 0.15) is 17.4 Å². The average molecular weight is 419 g/mol. The zero-order valence-electron chi connectivity index (χ0n) is 13.9. The average Bonchev–Trinajstić information content (AvgIpc) is 3.29. The molecule has 6 nitrogen and oxygen atoms in total. The minimum Gasteiger partial charge on any atom is -0.495 e. The summed E-state index contributed by atoms with van der Waals surface area (Å²) in [6.07, 6.45) is 0. The second-order valence-electron chi connectivity index (χ2n) is 5.73. The number of halogens is 2. The third-order valence-corrected chi connectivity index (χ3v) is 5.65. The Bertz CT molecular complexity index is 1100. The molecule has 1 atom stereocenters. The molecule has 0 aliphatic carbocycles. The standard InChI is InChI=1S/C18H12Cl2N4O2S/c1-25-16-9(5-8(19)6-11(16)20)13-10(7-21)17(22)26-18-14(13)15(23-24-18)12-3-2-4-27-12/h2-6,13H,22H2,1H3,(H,23,24)/t13-/m1/s1. The van der Waals surface area contributed by atoms with E-state index in [-0.39, 0.29) is 11.5 Å².